The molecule has 27 heavy (non-hydrogen) atoms. The van der Waals surface area contributed by atoms with E-state index in [0.717, 1.165) is 43.1 Å². The highest BCUT2D eigenvalue weighted by molar-refractivity contribution is 5.88. The SMILES string of the molecule is C/C=C(\C)C(=O)OC1=CCC2(c3ccc(OC)c(OC)c3)CCN(C)C2C1. The Balaban J connectivity index is 1.92. The first kappa shape index (κ1) is 19.5. The van der Waals surface area contributed by atoms with Crippen LogP contribution >= 0.6 is 0 Å². The number of methoxy groups -OCH3 is 2. The molecule has 0 amide bonds. The number of benzene rings is 1. The smallest absolute Gasteiger partial charge is 0.338 e. The number of nitrogens with zero attached hydrogens (tertiary/aromatic N) is 1. The standard InChI is InChI=1S/C22H29NO4/c1-6-15(2)21(24)27-17-9-10-22(11-12-23(3)20(22)14-17)16-7-8-18(25-4)19(13-16)26-5/h6-9,13,20H,10-12,14H2,1-5H3/b15-6+. The lowest BCUT2D eigenvalue weighted by atomic mass is 9.68. The average molecular weight is 371 g/mol. The molecule has 2 atom stereocenters. The Kier molecular flexibility index (Phi) is 5.61. The number of hydrogen-bond donors (Lipinski definition) is 0. The summed E-state index contributed by atoms with van der Waals surface area (Å²) in [6.07, 6.45) is 6.51. The summed E-state index contributed by atoms with van der Waals surface area (Å²) in [5.41, 5.74) is 1.88. The van der Waals surface area contributed by atoms with Gasteiger partial charge in [-0.2, -0.15) is 0 Å². The molecule has 5 heteroatoms. The molecule has 5 nitrogen and oxygen atoms in total. The predicted octanol–water partition coefficient (Wildman–Crippen LogP) is 3.83. The lowest BCUT2D eigenvalue weighted by Gasteiger charge is -2.40. The van der Waals surface area contributed by atoms with Crippen LogP contribution < -0.4 is 9.47 Å². The summed E-state index contributed by atoms with van der Waals surface area (Å²) in [5.74, 6) is 2.00. The molecule has 0 aromatic heterocycles. The van der Waals surface area contributed by atoms with Gasteiger partial charge in [0.2, 0.25) is 0 Å². The van der Waals surface area contributed by atoms with Crippen molar-refractivity contribution in [2.24, 2.45) is 0 Å². The Labute approximate surface area is 161 Å². The molecule has 1 aliphatic heterocycles. The maximum atomic E-state index is 12.1. The molecule has 0 N–H and O–H groups in total. The van der Waals surface area contributed by atoms with Crippen LogP contribution in [0.1, 0.15) is 38.7 Å². The van der Waals surface area contributed by atoms with E-state index in [1.54, 1.807) is 27.2 Å². The van der Waals surface area contributed by atoms with Gasteiger partial charge >= 0.3 is 5.97 Å². The lowest BCUT2D eigenvalue weighted by Crippen LogP contribution is -2.43. The van der Waals surface area contributed by atoms with E-state index < -0.39 is 0 Å². The molecule has 2 aliphatic rings. The zero-order valence-electron chi connectivity index (χ0n) is 16.9. The Morgan fingerprint density at radius 2 is 2.00 bits per heavy atom. The van der Waals surface area contributed by atoms with Crippen LogP contribution in [0.2, 0.25) is 0 Å². The lowest BCUT2D eigenvalue weighted by molar-refractivity contribution is -0.135. The van der Waals surface area contributed by atoms with Crippen molar-refractivity contribution in [2.45, 2.75) is 44.6 Å². The summed E-state index contributed by atoms with van der Waals surface area (Å²) in [6, 6.07) is 6.50. The highest BCUT2D eigenvalue weighted by Gasteiger charge is 2.49. The second kappa shape index (κ2) is 7.77. The van der Waals surface area contributed by atoms with E-state index in [9.17, 15) is 4.79 Å². The summed E-state index contributed by atoms with van der Waals surface area (Å²) >= 11 is 0. The van der Waals surface area contributed by atoms with Gasteiger partial charge in [0.1, 0.15) is 5.76 Å². The number of carbonyl (C=O) groups is 1. The third-order valence-corrected chi connectivity index (χ3v) is 6.11. The van der Waals surface area contributed by atoms with Gasteiger partial charge < -0.3 is 19.1 Å². The van der Waals surface area contributed by atoms with E-state index in [-0.39, 0.29) is 17.4 Å². The van der Waals surface area contributed by atoms with Crippen molar-refractivity contribution in [1.82, 2.24) is 4.90 Å². The van der Waals surface area contributed by atoms with Gasteiger partial charge in [0.05, 0.1) is 14.2 Å². The van der Waals surface area contributed by atoms with Gasteiger partial charge in [-0.15, -0.1) is 0 Å². The molecule has 0 spiro atoms. The molecule has 146 valence electrons. The van der Waals surface area contributed by atoms with E-state index in [1.165, 1.54) is 5.56 Å². The number of likely N-dealkylation sites (N-methyl/N-ethyl adjacent to an activating group) is 1. The molecule has 0 radical (unpaired) electrons. The molecule has 1 fully saturated rings. The van der Waals surface area contributed by atoms with Gasteiger partial charge in [0, 0.05) is 23.5 Å². The van der Waals surface area contributed by atoms with Gasteiger partial charge in [0.15, 0.2) is 11.5 Å². The van der Waals surface area contributed by atoms with Gasteiger partial charge in [-0.1, -0.05) is 12.1 Å². The van der Waals surface area contributed by atoms with E-state index in [4.69, 9.17) is 14.2 Å². The Bertz CT molecular complexity index is 783. The van der Waals surface area contributed by atoms with E-state index in [2.05, 4.69) is 30.2 Å². The van der Waals surface area contributed by atoms with Crippen LogP contribution in [0.5, 0.6) is 11.5 Å². The van der Waals surface area contributed by atoms with E-state index in [1.807, 2.05) is 13.0 Å². The maximum Gasteiger partial charge on any atom is 0.338 e. The molecule has 1 aromatic rings. The number of allylic oxidation sites excluding steroid dienone is 2. The van der Waals surface area contributed by atoms with E-state index in [0.29, 0.717) is 5.57 Å². The van der Waals surface area contributed by atoms with Gasteiger partial charge in [0.25, 0.3) is 0 Å². The molecule has 2 unspecified atom stereocenters. The van der Waals surface area contributed by atoms with Crippen LogP contribution in [0.4, 0.5) is 0 Å². The highest BCUT2D eigenvalue weighted by Crippen LogP contribution is 2.49. The van der Waals surface area contributed by atoms with Crippen LogP contribution in [0.3, 0.4) is 0 Å². The normalized spacial score (nSPS) is 25.6. The van der Waals surface area contributed by atoms with Crippen LogP contribution in [-0.4, -0.2) is 44.7 Å². The first-order chi connectivity index (χ1) is 12.9. The predicted molar refractivity (Wildman–Crippen MR) is 105 cm³/mol. The fraction of sp³-hybridized carbons (Fsp3) is 0.500. The Morgan fingerprint density at radius 3 is 2.67 bits per heavy atom. The molecular weight excluding hydrogens is 342 g/mol. The summed E-state index contributed by atoms with van der Waals surface area (Å²) in [4.78, 5) is 14.5. The first-order valence-electron chi connectivity index (χ1n) is 9.42. The molecule has 0 bridgehead atoms. The molecule has 1 aliphatic carbocycles. The number of ether oxygens (including phenoxy) is 3. The molecule has 0 saturated carbocycles. The highest BCUT2D eigenvalue weighted by atomic mass is 16.5. The maximum absolute atomic E-state index is 12.1. The summed E-state index contributed by atoms with van der Waals surface area (Å²) < 4.78 is 16.6. The largest absolute Gasteiger partial charge is 0.493 e. The second-order valence-corrected chi connectivity index (χ2v) is 7.41. The number of fused-ring (bicyclic) bond motifs is 1. The third-order valence-electron chi connectivity index (χ3n) is 6.11. The minimum Gasteiger partial charge on any atom is -0.493 e. The quantitative estimate of drug-likeness (QED) is 0.581. The second-order valence-electron chi connectivity index (χ2n) is 7.41. The van der Waals surface area contributed by atoms with Crippen LogP contribution in [0.15, 0.2) is 41.7 Å². The van der Waals surface area contributed by atoms with Crippen LogP contribution in [0.25, 0.3) is 0 Å². The molecule has 1 heterocycles. The fourth-order valence-electron chi connectivity index (χ4n) is 4.28. The number of likely N-dealkylation sites (tertiary alicyclic amines) is 1. The number of esters is 1. The fourth-order valence-corrected chi connectivity index (χ4v) is 4.28. The average Bonchev–Trinajstić information content (AvgIpc) is 3.04. The van der Waals surface area contributed by atoms with Crippen LogP contribution in [-0.2, 0) is 14.9 Å². The zero-order valence-corrected chi connectivity index (χ0v) is 16.9. The Hall–Kier alpha value is -2.27. The zero-order chi connectivity index (χ0) is 19.6. The van der Waals surface area contributed by atoms with Gasteiger partial charge in [-0.3, -0.25) is 0 Å². The van der Waals surface area contributed by atoms with Crippen molar-refractivity contribution in [3.63, 3.8) is 0 Å². The third kappa shape index (κ3) is 3.48. The number of hydrogen-bond acceptors (Lipinski definition) is 5. The van der Waals surface area contributed by atoms with Crippen molar-refractivity contribution in [1.29, 1.82) is 0 Å². The molecule has 3 rings (SSSR count). The minimum atomic E-state index is -0.261. The van der Waals surface area contributed by atoms with Crippen molar-refractivity contribution >= 4 is 5.97 Å². The van der Waals surface area contributed by atoms with Crippen molar-refractivity contribution in [3.05, 3.63) is 47.2 Å². The van der Waals surface area contributed by atoms with Crippen molar-refractivity contribution < 1.29 is 19.0 Å². The van der Waals surface area contributed by atoms with Gasteiger partial charge in [-0.25, -0.2) is 4.79 Å². The molecular formula is C22H29NO4. The van der Waals surface area contributed by atoms with Gasteiger partial charge in [-0.05, 0) is 64.1 Å². The van der Waals surface area contributed by atoms with Crippen molar-refractivity contribution in [2.75, 3.05) is 27.8 Å². The summed E-state index contributed by atoms with van der Waals surface area (Å²) in [6.45, 7) is 4.64. The molecule has 1 saturated heterocycles. The summed E-state index contributed by atoms with van der Waals surface area (Å²) in [5, 5.41) is 0. The first-order valence-corrected chi connectivity index (χ1v) is 9.42. The number of rotatable bonds is 5. The molecule has 1 aromatic carbocycles. The van der Waals surface area contributed by atoms with Crippen molar-refractivity contribution in [3.8, 4) is 11.5 Å². The Morgan fingerprint density at radius 1 is 1.26 bits per heavy atom. The summed E-state index contributed by atoms with van der Waals surface area (Å²) in [7, 11) is 5.47. The monoisotopic (exact) mass is 371 g/mol. The van der Waals surface area contributed by atoms with Crippen LogP contribution in [0, 0.1) is 0 Å². The topological polar surface area (TPSA) is 48.0 Å². The minimum absolute atomic E-state index is 0.000150. The van der Waals surface area contributed by atoms with E-state index >= 15 is 0 Å². The number of carbonyl (C=O) groups excluding carboxylic acids is 1.